The predicted molar refractivity (Wildman–Crippen MR) is 83.5 cm³/mol. The zero-order valence-electron chi connectivity index (χ0n) is 12.4. The van der Waals surface area contributed by atoms with Crippen LogP contribution in [0.1, 0.15) is 0 Å². The highest BCUT2D eigenvalue weighted by molar-refractivity contribution is 5.74. The first-order valence-electron chi connectivity index (χ1n) is 7.40. The van der Waals surface area contributed by atoms with Crippen LogP contribution in [0.2, 0.25) is 0 Å². The number of rotatable bonds is 4. The number of aromatic nitrogens is 4. The molecule has 1 saturated heterocycles. The Balaban J connectivity index is 1.77. The van der Waals surface area contributed by atoms with E-state index in [1.807, 2.05) is 30.3 Å². The zero-order valence-corrected chi connectivity index (χ0v) is 12.4. The summed E-state index contributed by atoms with van der Waals surface area (Å²) in [5.41, 5.74) is 0.845. The van der Waals surface area contributed by atoms with Gasteiger partial charge in [0.05, 0.1) is 37.1 Å². The number of aliphatic hydroxyl groups is 1. The van der Waals surface area contributed by atoms with Crippen molar-refractivity contribution < 1.29 is 9.84 Å². The molecular formula is C16H16N4O3. The van der Waals surface area contributed by atoms with Gasteiger partial charge in [0, 0.05) is 6.54 Å². The summed E-state index contributed by atoms with van der Waals surface area (Å²) < 4.78 is 8.35. The van der Waals surface area contributed by atoms with Crippen molar-refractivity contribution in [2.75, 3.05) is 19.8 Å². The Bertz CT molecular complexity index is 891. The molecule has 0 spiro atoms. The third-order valence-corrected chi connectivity index (χ3v) is 4.21. The SMILES string of the molecule is O=c1c2cnn(-c3ccccc3)c2ncn1CC1(CO)COC1. The molecule has 1 aliphatic heterocycles. The standard InChI is InChI=1S/C16H16N4O3/c21-8-16(9-23-10-16)7-19-11-17-14-13(15(19)22)6-18-20(14)12-4-2-1-3-5-12/h1-6,11,21H,7-10H2. The van der Waals surface area contributed by atoms with Crippen LogP contribution in [0.15, 0.2) is 47.7 Å². The summed E-state index contributed by atoms with van der Waals surface area (Å²) in [6.07, 6.45) is 3.05. The maximum Gasteiger partial charge on any atom is 0.264 e. The number of nitrogens with zero attached hydrogens (tertiary/aromatic N) is 4. The lowest BCUT2D eigenvalue weighted by Crippen LogP contribution is -2.50. The Kier molecular flexibility index (Phi) is 3.24. The predicted octanol–water partition coefficient (Wildman–Crippen LogP) is 0.591. The van der Waals surface area contributed by atoms with E-state index in [0.717, 1.165) is 5.69 Å². The van der Waals surface area contributed by atoms with Crippen molar-refractivity contribution in [3.05, 3.63) is 53.2 Å². The number of para-hydroxylation sites is 1. The molecule has 3 heterocycles. The number of hydrogen-bond acceptors (Lipinski definition) is 5. The van der Waals surface area contributed by atoms with Crippen LogP contribution in [0.3, 0.4) is 0 Å². The molecule has 0 atom stereocenters. The number of benzene rings is 1. The van der Waals surface area contributed by atoms with Crippen LogP contribution in [-0.4, -0.2) is 44.3 Å². The van der Waals surface area contributed by atoms with E-state index in [1.165, 1.54) is 17.1 Å². The molecule has 1 aliphatic rings. The lowest BCUT2D eigenvalue weighted by atomic mass is 9.87. The fraction of sp³-hybridized carbons (Fsp3) is 0.312. The lowest BCUT2D eigenvalue weighted by Gasteiger charge is -2.39. The summed E-state index contributed by atoms with van der Waals surface area (Å²) in [7, 11) is 0. The van der Waals surface area contributed by atoms with Crippen LogP contribution in [0, 0.1) is 5.41 Å². The molecule has 1 fully saturated rings. The van der Waals surface area contributed by atoms with Gasteiger partial charge in [0.25, 0.3) is 5.56 Å². The highest BCUT2D eigenvalue weighted by atomic mass is 16.5. The molecule has 0 aliphatic carbocycles. The molecule has 0 bridgehead atoms. The molecule has 1 aromatic carbocycles. The van der Waals surface area contributed by atoms with Crippen molar-refractivity contribution in [2.45, 2.75) is 6.54 Å². The van der Waals surface area contributed by atoms with Gasteiger partial charge in [-0.15, -0.1) is 0 Å². The van der Waals surface area contributed by atoms with Crippen LogP contribution in [0.5, 0.6) is 0 Å². The van der Waals surface area contributed by atoms with Gasteiger partial charge in [-0.2, -0.15) is 5.10 Å². The maximum absolute atomic E-state index is 12.7. The molecule has 118 valence electrons. The third-order valence-electron chi connectivity index (χ3n) is 4.21. The summed E-state index contributed by atoms with van der Waals surface area (Å²) in [6, 6.07) is 9.56. The summed E-state index contributed by atoms with van der Waals surface area (Å²) in [5, 5.41) is 14.3. The topological polar surface area (TPSA) is 82.2 Å². The van der Waals surface area contributed by atoms with Crippen molar-refractivity contribution in [1.82, 2.24) is 19.3 Å². The van der Waals surface area contributed by atoms with E-state index in [1.54, 1.807) is 4.68 Å². The van der Waals surface area contributed by atoms with Crippen LogP contribution in [0.25, 0.3) is 16.7 Å². The van der Waals surface area contributed by atoms with Gasteiger partial charge < -0.3 is 9.84 Å². The summed E-state index contributed by atoms with van der Waals surface area (Å²) in [4.78, 5) is 17.1. The minimum atomic E-state index is -0.380. The van der Waals surface area contributed by atoms with Gasteiger partial charge >= 0.3 is 0 Å². The van der Waals surface area contributed by atoms with Gasteiger partial charge in [-0.1, -0.05) is 18.2 Å². The zero-order chi connectivity index (χ0) is 15.9. The van der Waals surface area contributed by atoms with Crippen molar-refractivity contribution in [3.8, 4) is 5.69 Å². The number of fused-ring (bicyclic) bond motifs is 1. The quantitative estimate of drug-likeness (QED) is 0.762. The van der Waals surface area contributed by atoms with Gasteiger partial charge in [-0.05, 0) is 12.1 Å². The third kappa shape index (κ3) is 2.25. The molecule has 0 saturated carbocycles. The minimum Gasteiger partial charge on any atom is -0.396 e. The Hall–Kier alpha value is -2.51. The normalized spacial score (nSPS) is 16.4. The van der Waals surface area contributed by atoms with E-state index >= 15 is 0 Å². The Morgan fingerprint density at radius 2 is 2.04 bits per heavy atom. The van der Waals surface area contributed by atoms with Crippen molar-refractivity contribution >= 4 is 11.0 Å². The molecule has 4 rings (SSSR count). The van der Waals surface area contributed by atoms with E-state index in [0.29, 0.717) is 30.8 Å². The molecule has 1 N–H and O–H groups in total. The number of ether oxygens (including phenoxy) is 1. The number of aliphatic hydroxyl groups excluding tert-OH is 1. The second kappa shape index (κ2) is 5.29. The Labute approximate surface area is 131 Å². The smallest absolute Gasteiger partial charge is 0.264 e. The Morgan fingerprint density at radius 1 is 1.26 bits per heavy atom. The fourth-order valence-electron chi connectivity index (χ4n) is 2.80. The molecule has 3 aromatic rings. The first-order chi connectivity index (χ1) is 11.2. The molecule has 0 unspecified atom stereocenters. The molecular weight excluding hydrogens is 296 g/mol. The van der Waals surface area contributed by atoms with E-state index in [9.17, 15) is 9.90 Å². The largest absolute Gasteiger partial charge is 0.396 e. The monoisotopic (exact) mass is 312 g/mol. The summed E-state index contributed by atoms with van der Waals surface area (Å²) >= 11 is 0. The fourth-order valence-corrected chi connectivity index (χ4v) is 2.80. The maximum atomic E-state index is 12.7. The van der Waals surface area contributed by atoms with Crippen LogP contribution < -0.4 is 5.56 Å². The first kappa shape index (κ1) is 14.1. The van der Waals surface area contributed by atoms with Crippen molar-refractivity contribution in [1.29, 1.82) is 0 Å². The van der Waals surface area contributed by atoms with Crippen molar-refractivity contribution in [2.24, 2.45) is 5.41 Å². The molecule has 23 heavy (non-hydrogen) atoms. The van der Waals surface area contributed by atoms with Gasteiger partial charge in [0.2, 0.25) is 0 Å². The second-order valence-corrected chi connectivity index (χ2v) is 5.96. The molecule has 2 aromatic heterocycles. The average Bonchev–Trinajstić information content (AvgIpc) is 2.98. The van der Waals surface area contributed by atoms with Gasteiger partial charge in [0.1, 0.15) is 11.7 Å². The van der Waals surface area contributed by atoms with E-state index < -0.39 is 0 Å². The van der Waals surface area contributed by atoms with Crippen LogP contribution in [0.4, 0.5) is 0 Å². The van der Waals surface area contributed by atoms with E-state index in [2.05, 4.69) is 10.1 Å². The van der Waals surface area contributed by atoms with Gasteiger partial charge in [-0.3, -0.25) is 9.36 Å². The molecule has 7 nitrogen and oxygen atoms in total. The number of hydrogen-bond donors (Lipinski definition) is 1. The van der Waals surface area contributed by atoms with Crippen molar-refractivity contribution in [3.63, 3.8) is 0 Å². The Morgan fingerprint density at radius 3 is 2.70 bits per heavy atom. The van der Waals surface area contributed by atoms with Gasteiger partial charge in [0.15, 0.2) is 5.65 Å². The van der Waals surface area contributed by atoms with E-state index in [-0.39, 0.29) is 17.6 Å². The minimum absolute atomic E-state index is 0.0131. The van der Waals surface area contributed by atoms with Crippen LogP contribution in [-0.2, 0) is 11.3 Å². The van der Waals surface area contributed by atoms with Crippen LogP contribution >= 0.6 is 0 Å². The summed E-state index contributed by atoms with van der Waals surface area (Å²) in [6.45, 7) is 1.29. The second-order valence-electron chi connectivity index (χ2n) is 5.96. The first-order valence-corrected chi connectivity index (χ1v) is 7.40. The average molecular weight is 312 g/mol. The molecule has 7 heteroatoms. The summed E-state index contributed by atoms with van der Waals surface area (Å²) in [5.74, 6) is 0. The highest BCUT2D eigenvalue weighted by Crippen LogP contribution is 2.28. The molecule has 0 amide bonds. The van der Waals surface area contributed by atoms with E-state index in [4.69, 9.17) is 4.74 Å². The molecule has 0 radical (unpaired) electrons. The highest BCUT2D eigenvalue weighted by Gasteiger charge is 2.38. The lowest BCUT2D eigenvalue weighted by molar-refractivity contribution is -0.145. The van der Waals surface area contributed by atoms with Gasteiger partial charge in [-0.25, -0.2) is 9.67 Å².